The highest BCUT2D eigenvalue weighted by molar-refractivity contribution is 5.85. The van der Waals surface area contributed by atoms with Crippen molar-refractivity contribution in [3.05, 3.63) is 46.0 Å². The predicted molar refractivity (Wildman–Crippen MR) is 64.8 cm³/mol. The summed E-state index contributed by atoms with van der Waals surface area (Å²) in [5, 5.41) is 11.2. The third-order valence-corrected chi connectivity index (χ3v) is 3.16. The summed E-state index contributed by atoms with van der Waals surface area (Å²) in [4.78, 5) is 22.6. The number of rotatable bonds is 4. The molecule has 0 aliphatic heterocycles. The molecule has 5 nitrogen and oxygen atoms in total. The van der Waals surface area contributed by atoms with Gasteiger partial charge in [-0.3, -0.25) is 10.1 Å². The fourth-order valence-electron chi connectivity index (χ4n) is 2.15. The second-order valence-electron chi connectivity index (χ2n) is 4.80. The standard InChI is InChI=1S/C13H15NO4/c1-9(2)18-12(15)13(14(16)17)8-11(13)10-6-4-3-5-7-10/h3-7,9,11H,8H2,1-2H3/t11-,13+/m1/s1. The highest BCUT2D eigenvalue weighted by Gasteiger charge is 2.74. The van der Waals surface area contributed by atoms with E-state index in [9.17, 15) is 14.9 Å². The maximum absolute atomic E-state index is 11.9. The number of carbonyl (C=O) groups excluding carboxylic acids is 1. The summed E-state index contributed by atoms with van der Waals surface area (Å²) in [7, 11) is 0. The zero-order valence-corrected chi connectivity index (χ0v) is 10.3. The summed E-state index contributed by atoms with van der Waals surface area (Å²) >= 11 is 0. The molecule has 0 bridgehead atoms. The van der Waals surface area contributed by atoms with Gasteiger partial charge in [0, 0.05) is 11.3 Å². The van der Waals surface area contributed by atoms with E-state index in [1.165, 1.54) is 0 Å². The lowest BCUT2D eigenvalue weighted by Gasteiger charge is -2.12. The topological polar surface area (TPSA) is 69.4 Å². The summed E-state index contributed by atoms with van der Waals surface area (Å²) in [6.45, 7) is 3.37. The second-order valence-corrected chi connectivity index (χ2v) is 4.80. The molecule has 0 unspecified atom stereocenters. The molecule has 0 radical (unpaired) electrons. The molecule has 0 spiro atoms. The van der Waals surface area contributed by atoms with E-state index < -0.39 is 16.4 Å². The smallest absolute Gasteiger partial charge is 0.385 e. The number of nitro groups is 1. The summed E-state index contributed by atoms with van der Waals surface area (Å²) in [5.74, 6) is -1.10. The van der Waals surface area contributed by atoms with Crippen molar-refractivity contribution in [3.8, 4) is 0 Å². The van der Waals surface area contributed by atoms with Crippen LogP contribution in [-0.4, -0.2) is 22.5 Å². The minimum absolute atomic E-state index is 0.218. The molecule has 1 aliphatic carbocycles. The van der Waals surface area contributed by atoms with Crippen LogP contribution in [0.5, 0.6) is 0 Å². The van der Waals surface area contributed by atoms with Gasteiger partial charge in [0.05, 0.1) is 12.0 Å². The van der Waals surface area contributed by atoms with E-state index in [1.54, 1.807) is 26.0 Å². The highest BCUT2D eigenvalue weighted by Crippen LogP contribution is 2.54. The summed E-state index contributed by atoms with van der Waals surface area (Å²) in [6, 6.07) is 9.07. The molecule has 1 saturated carbocycles. The first-order chi connectivity index (χ1) is 8.48. The Morgan fingerprint density at radius 3 is 2.56 bits per heavy atom. The molecule has 2 rings (SSSR count). The fourth-order valence-corrected chi connectivity index (χ4v) is 2.15. The number of carbonyl (C=O) groups is 1. The lowest BCUT2D eigenvalue weighted by molar-refractivity contribution is -0.527. The van der Waals surface area contributed by atoms with Gasteiger partial charge in [-0.1, -0.05) is 30.3 Å². The second kappa shape index (κ2) is 4.40. The van der Waals surface area contributed by atoms with Crippen molar-refractivity contribution in [1.82, 2.24) is 0 Å². The lowest BCUT2D eigenvalue weighted by atomic mass is 10.1. The zero-order chi connectivity index (χ0) is 13.3. The number of ether oxygens (including phenoxy) is 1. The molecule has 0 saturated heterocycles. The van der Waals surface area contributed by atoms with Crippen molar-refractivity contribution in [2.24, 2.45) is 0 Å². The van der Waals surface area contributed by atoms with E-state index >= 15 is 0 Å². The van der Waals surface area contributed by atoms with E-state index in [-0.39, 0.29) is 18.4 Å². The molecule has 96 valence electrons. The van der Waals surface area contributed by atoms with Crippen LogP contribution in [0.1, 0.15) is 31.7 Å². The normalized spacial score (nSPS) is 25.8. The molecule has 1 aliphatic rings. The number of nitrogens with zero attached hydrogens (tertiary/aromatic N) is 1. The molecule has 0 N–H and O–H groups in total. The Labute approximate surface area is 105 Å². The number of esters is 1. The average Bonchev–Trinajstić information content (AvgIpc) is 3.05. The molecular formula is C13H15NO4. The first-order valence-electron chi connectivity index (χ1n) is 5.89. The van der Waals surface area contributed by atoms with E-state index in [1.807, 2.05) is 18.2 Å². The van der Waals surface area contributed by atoms with Gasteiger partial charge in [0.1, 0.15) is 0 Å². The first-order valence-corrected chi connectivity index (χ1v) is 5.89. The Kier molecular flexibility index (Phi) is 3.07. The van der Waals surface area contributed by atoms with Crippen LogP contribution in [0.15, 0.2) is 30.3 Å². The third kappa shape index (κ3) is 1.96. The van der Waals surface area contributed by atoms with Gasteiger partial charge in [0.25, 0.3) is 0 Å². The Morgan fingerprint density at radius 1 is 1.44 bits per heavy atom. The molecule has 18 heavy (non-hydrogen) atoms. The van der Waals surface area contributed by atoms with Crippen LogP contribution in [0.25, 0.3) is 0 Å². The summed E-state index contributed by atoms with van der Waals surface area (Å²) in [5.41, 5.74) is -0.763. The van der Waals surface area contributed by atoms with Crippen molar-refractivity contribution >= 4 is 5.97 Å². The molecule has 0 aromatic heterocycles. The van der Waals surface area contributed by atoms with Crippen molar-refractivity contribution in [2.45, 2.75) is 37.8 Å². The van der Waals surface area contributed by atoms with Gasteiger partial charge in [-0.05, 0) is 19.4 Å². The quantitative estimate of drug-likeness (QED) is 0.465. The maximum atomic E-state index is 11.9. The molecule has 1 aromatic rings. The molecular weight excluding hydrogens is 234 g/mol. The molecule has 0 heterocycles. The number of benzene rings is 1. The van der Waals surface area contributed by atoms with Crippen LogP contribution in [0.2, 0.25) is 0 Å². The third-order valence-electron chi connectivity index (χ3n) is 3.16. The monoisotopic (exact) mass is 249 g/mol. The van der Waals surface area contributed by atoms with Gasteiger partial charge in [-0.2, -0.15) is 0 Å². The van der Waals surface area contributed by atoms with Crippen LogP contribution in [0.4, 0.5) is 0 Å². The number of hydrogen-bond acceptors (Lipinski definition) is 4. The van der Waals surface area contributed by atoms with Crippen LogP contribution in [-0.2, 0) is 9.53 Å². The van der Waals surface area contributed by atoms with Gasteiger partial charge >= 0.3 is 11.5 Å². The van der Waals surface area contributed by atoms with Crippen LogP contribution >= 0.6 is 0 Å². The Hall–Kier alpha value is -1.91. The minimum Gasteiger partial charge on any atom is -0.458 e. The Bertz CT molecular complexity index is 471. The van der Waals surface area contributed by atoms with Crippen molar-refractivity contribution < 1.29 is 14.5 Å². The van der Waals surface area contributed by atoms with Crippen molar-refractivity contribution in [2.75, 3.05) is 0 Å². The van der Waals surface area contributed by atoms with E-state index in [2.05, 4.69) is 0 Å². The SMILES string of the molecule is CC(C)OC(=O)[C@]1([N+](=O)[O-])C[C@@H]1c1ccccc1. The van der Waals surface area contributed by atoms with E-state index in [4.69, 9.17) is 4.74 Å². The Balaban J connectivity index is 2.23. The van der Waals surface area contributed by atoms with Crippen molar-refractivity contribution in [3.63, 3.8) is 0 Å². The largest absolute Gasteiger partial charge is 0.458 e. The lowest BCUT2D eigenvalue weighted by Crippen LogP contribution is -2.37. The molecule has 1 aromatic carbocycles. The fraction of sp³-hybridized carbons (Fsp3) is 0.462. The van der Waals surface area contributed by atoms with Gasteiger partial charge in [0.2, 0.25) is 0 Å². The molecule has 0 amide bonds. The maximum Gasteiger partial charge on any atom is 0.385 e. The molecule has 2 atom stereocenters. The summed E-state index contributed by atoms with van der Waals surface area (Å²) < 4.78 is 5.01. The van der Waals surface area contributed by atoms with Gasteiger partial charge in [-0.15, -0.1) is 0 Å². The van der Waals surface area contributed by atoms with Gasteiger partial charge in [-0.25, -0.2) is 4.79 Å². The van der Waals surface area contributed by atoms with E-state index in [0.29, 0.717) is 0 Å². The Morgan fingerprint density at radius 2 is 2.06 bits per heavy atom. The van der Waals surface area contributed by atoms with Gasteiger partial charge < -0.3 is 4.74 Å². The predicted octanol–water partition coefficient (Wildman–Crippen LogP) is 2.14. The minimum atomic E-state index is -1.58. The number of hydrogen-bond donors (Lipinski definition) is 0. The van der Waals surface area contributed by atoms with Crippen LogP contribution in [0, 0.1) is 10.1 Å². The van der Waals surface area contributed by atoms with Gasteiger partial charge in [0.15, 0.2) is 0 Å². The average molecular weight is 249 g/mol. The summed E-state index contributed by atoms with van der Waals surface area (Å²) in [6.07, 6.45) is -0.124. The molecule has 1 fully saturated rings. The first kappa shape index (κ1) is 12.5. The van der Waals surface area contributed by atoms with Crippen LogP contribution < -0.4 is 0 Å². The van der Waals surface area contributed by atoms with Crippen LogP contribution in [0.3, 0.4) is 0 Å². The molecule has 5 heteroatoms. The van der Waals surface area contributed by atoms with E-state index in [0.717, 1.165) is 5.56 Å². The zero-order valence-electron chi connectivity index (χ0n) is 10.3. The van der Waals surface area contributed by atoms with Crippen molar-refractivity contribution in [1.29, 1.82) is 0 Å². The highest BCUT2D eigenvalue weighted by atomic mass is 16.6.